The molecule has 0 bridgehead atoms. The minimum Gasteiger partial charge on any atom is -0.468 e. The molecule has 140 valence electrons. The number of fused-ring (bicyclic) bond motifs is 3. The van der Waals surface area contributed by atoms with Crippen LogP contribution in [-0.2, 0) is 10.8 Å². The third kappa shape index (κ3) is 2.03. The molecule has 2 aromatic heterocycles. The van der Waals surface area contributed by atoms with E-state index in [4.69, 9.17) is 8.83 Å². The zero-order valence-corrected chi connectivity index (χ0v) is 16.7. The second kappa shape index (κ2) is 5.75. The van der Waals surface area contributed by atoms with Crippen molar-refractivity contribution in [3.63, 3.8) is 0 Å². The van der Waals surface area contributed by atoms with Crippen LogP contribution in [0.2, 0.25) is 0 Å². The Kier molecular flexibility index (Phi) is 3.51. The smallest absolute Gasteiger partial charge is 0.115 e. The zero-order valence-electron chi connectivity index (χ0n) is 16.7. The van der Waals surface area contributed by atoms with Crippen LogP contribution in [0.1, 0.15) is 47.6 Å². The standard InChI is InChI=1S/C26H24O2/c1-17-9-11-19-20-12-10-18(2)16-22(20)26(4,24-8-6-14-28-24)25(3,21(19)15-17)23-7-5-13-27-23/h5-16H,1-4H3. The van der Waals surface area contributed by atoms with Gasteiger partial charge in [0.15, 0.2) is 0 Å². The van der Waals surface area contributed by atoms with Crippen LogP contribution in [0.15, 0.2) is 82.0 Å². The maximum absolute atomic E-state index is 6.07. The van der Waals surface area contributed by atoms with Crippen molar-refractivity contribution in [1.29, 1.82) is 0 Å². The van der Waals surface area contributed by atoms with Gasteiger partial charge in [0.25, 0.3) is 0 Å². The molecule has 0 saturated heterocycles. The van der Waals surface area contributed by atoms with E-state index in [-0.39, 0.29) is 0 Å². The molecule has 28 heavy (non-hydrogen) atoms. The molecule has 4 aromatic rings. The van der Waals surface area contributed by atoms with Gasteiger partial charge in [-0.05, 0) is 74.2 Å². The minimum atomic E-state index is -0.420. The van der Waals surface area contributed by atoms with Crippen molar-refractivity contribution in [2.24, 2.45) is 0 Å². The van der Waals surface area contributed by atoms with Crippen molar-refractivity contribution >= 4 is 0 Å². The third-order valence-electron chi connectivity index (χ3n) is 6.75. The van der Waals surface area contributed by atoms with Gasteiger partial charge in [-0.25, -0.2) is 0 Å². The molecule has 5 rings (SSSR count). The van der Waals surface area contributed by atoms with Crippen LogP contribution in [0.25, 0.3) is 11.1 Å². The summed E-state index contributed by atoms with van der Waals surface area (Å²) in [5, 5.41) is 0. The Balaban J connectivity index is 1.98. The number of hydrogen-bond acceptors (Lipinski definition) is 2. The second-order valence-corrected chi connectivity index (χ2v) is 8.30. The van der Waals surface area contributed by atoms with Crippen molar-refractivity contribution < 1.29 is 8.83 Å². The lowest BCUT2D eigenvalue weighted by molar-refractivity contribution is 0.255. The molecule has 1 aliphatic carbocycles. The maximum atomic E-state index is 6.07. The van der Waals surface area contributed by atoms with E-state index in [0.29, 0.717) is 0 Å². The van der Waals surface area contributed by atoms with E-state index in [0.717, 1.165) is 11.5 Å². The van der Waals surface area contributed by atoms with Crippen molar-refractivity contribution in [2.75, 3.05) is 0 Å². The van der Waals surface area contributed by atoms with Gasteiger partial charge in [0, 0.05) is 0 Å². The average molecular weight is 368 g/mol. The third-order valence-corrected chi connectivity index (χ3v) is 6.75. The van der Waals surface area contributed by atoms with Crippen molar-refractivity contribution in [1.82, 2.24) is 0 Å². The van der Waals surface area contributed by atoms with Gasteiger partial charge in [0.1, 0.15) is 11.5 Å². The SMILES string of the molecule is Cc1ccc2c(c1)C(C)(c1ccco1)C(C)(c1ccco1)c1cc(C)ccc1-2. The van der Waals surface area contributed by atoms with E-state index in [2.05, 4.69) is 76.2 Å². The molecular formula is C26H24O2. The molecule has 2 nitrogen and oxygen atoms in total. The fourth-order valence-corrected chi connectivity index (χ4v) is 5.04. The summed E-state index contributed by atoms with van der Waals surface area (Å²) in [5.41, 5.74) is 6.73. The highest BCUT2D eigenvalue weighted by molar-refractivity contribution is 5.80. The first kappa shape index (κ1) is 17.1. The molecule has 0 fully saturated rings. The Hall–Kier alpha value is -3.00. The van der Waals surface area contributed by atoms with Gasteiger partial charge in [-0.2, -0.15) is 0 Å². The van der Waals surface area contributed by atoms with E-state index in [1.807, 2.05) is 12.1 Å². The van der Waals surface area contributed by atoms with E-state index in [9.17, 15) is 0 Å². The molecule has 1 aliphatic rings. The zero-order chi connectivity index (χ0) is 19.5. The monoisotopic (exact) mass is 368 g/mol. The van der Waals surface area contributed by atoms with E-state index in [1.54, 1.807) is 12.5 Å². The van der Waals surface area contributed by atoms with Crippen LogP contribution in [0, 0.1) is 13.8 Å². The predicted octanol–water partition coefficient (Wildman–Crippen LogP) is 6.78. The highest BCUT2D eigenvalue weighted by Crippen LogP contribution is 2.60. The number of aryl methyl sites for hydroxylation is 2. The van der Waals surface area contributed by atoms with Gasteiger partial charge in [0.2, 0.25) is 0 Å². The molecule has 0 N–H and O–H groups in total. The molecule has 0 saturated carbocycles. The van der Waals surface area contributed by atoms with Crippen LogP contribution in [-0.4, -0.2) is 0 Å². The lowest BCUT2D eigenvalue weighted by Crippen LogP contribution is -2.49. The van der Waals surface area contributed by atoms with E-state index < -0.39 is 10.8 Å². The Morgan fingerprint density at radius 2 is 1.04 bits per heavy atom. The number of hydrogen-bond donors (Lipinski definition) is 0. The summed E-state index contributed by atoms with van der Waals surface area (Å²) in [6.07, 6.45) is 3.54. The van der Waals surface area contributed by atoms with Crippen molar-refractivity contribution in [3.05, 3.63) is 107 Å². The quantitative estimate of drug-likeness (QED) is 0.390. The predicted molar refractivity (Wildman–Crippen MR) is 112 cm³/mol. The molecule has 2 atom stereocenters. The van der Waals surface area contributed by atoms with E-state index >= 15 is 0 Å². The molecule has 0 spiro atoms. The second-order valence-electron chi connectivity index (χ2n) is 8.30. The Morgan fingerprint density at radius 3 is 1.39 bits per heavy atom. The largest absolute Gasteiger partial charge is 0.468 e. The molecular weight excluding hydrogens is 344 g/mol. The van der Waals surface area contributed by atoms with Gasteiger partial charge in [-0.1, -0.05) is 47.5 Å². The highest BCUT2D eigenvalue weighted by Gasteiger charge is 2.57. The minimum absolute atomic E-state index is 0.420. The Morgan fingerprint density at radius 1 is 0.607 bits per heavy atom. The number of benzene rings is 2. The van der Waals surface area contributed by atoms with Gasteiger partial charge in [0.05, 0.1) is 23.4 Å². The van der Waals surface area contributed by atoms with Gasteiger partial charge in [-0.3, -0.25) is 0 Å². The summed E-state index contributed by atoms with van der Waals surface area (Å²) in [7, 11) is 0. The van der Waals surface area contributed by atoms with Gasteiger partial charge in [-0.15, -0.1) is 0 Å². The van der Waals surface area contributed by atoms with E-state index in [1.165, 1.54) is 33.4 Å². The van der Waals surface area contributed by atoms with Crippen LogP contribution >= 0.6 is 0 Å². The fourth-order valence-electron chi connectivity index (χ4n) is 5.04. The lowest BCUT2D eigenvalue weighted by Gasteiger charge is -2.50. The summed E-state index contributed by atoms with van der Waals surface area (Å²) in [4.78, 5) is 0. The molecule has 2 heteroatoms. The lowest BCUT2D eigenvalue weighted by atomic mass is 9.51. The van der Waals surface area contributed by atoms with Crippen LogP contribution in [0.4, 0.5) is 0 Å². The summed E-state index contributed by atoms with van der Waals surface area (Å²) in [6.45, 7) is 8.88. The first-order valence-corrected chi connectivity index (χ1v) is 9.77. The fraction of sp³-hybridized carbons (Fsp3) is 0.231. The topological polar surface area (TPSA) is 26.3 Å². The van der Waals surface area contributed by atoms with Gasteiger partial charge >= 0.3 is 0 Å². The molecule has 2 aromatic carbocycles. The Bertz CT molecular complexity index is 1060. The molecule has 0 aliphatic heterocycles. The number of furan rings is 2. The maximum Gasteiger partial charge on any atom is 0.115 e. The molecule has 0 amide bonds. The number of rotatable bonds is 2. The van der Waals surface area contributed by atoms with Crippen LogP contribution in [0.3, 0.4) is 0 Å². The summed E-state index contributed by atoms with van der Waals surface area (Å²) >= 11 is 0. The first-order chi connectivity index (χ1) is 13.5. The van der Waals surface area contributed by atoms with Crippen molar-refractivity contribution in [3.8, 4) is 11.1 Å². The first-order valence-electron chi connectivity index (χ1n) is 9.77. The molecule has 2 unspecified atom stereocenters. The molecule has 0 radical (unpaired) electrons. The summed E-state index contributed by atoms with van der Waals surface area (Å²) in [6, 6.07) is 21.6. The normalized spacial score (nSPS) is 23.3. The van der Waals surface area contributed by atoms with Crippen molar-refractivity contribution in [2.45, 2.75) is 38.5 Å². The van der Waals surface area contributed by atoms with Gasteiger partial charge < -0.3 is 8.83 Å². The highest BCUT2D eigenvalue weighted by atomic mass is 16.3. The summed E-state index contributed by atoms with van der Waals surface area (Å²) < 4.78 is 12.1. The average Bonchev–Trinajstić information content (AvgIpc) is 3.40. The summed E-state index contributed by atoms with van der Waals surface area (Å²) in [5.74, 6) is 1.90. The molecule has 2 heterocycles. The van der Waals surface area contributed by atoms with Crippen LogP contribution in [0.5, 0.6) is 0 Å². The van der Waals surface area contributed by atoms with Crippen LogP contribution < -0.4 is 0 Å². The Labute approximate surface area is 165 Å².